The number of nitrogens with one attached hydrogen (secondary N) is 2. The summed E-state index contributed by atoms with van der Waals surface area (Å²) >= 11 is 0. The van der Waals surface area contributed by atoms with Crippen LogP contribution in [0.15, 0.2) is 64.4 Å². The van der Waals surface area contributed by atoms with Gasteiger partial charge in [-0.05, 0) is 18.2 Å². The van der Waals surface area contributed by atoms with E-state index < -0.39 is 10.0 Å². The first-order valence-corrected chi connectivity index (χ1v) is 8.27. The summed E-state index contributed by atoms with van der Waals surface area (Å²) in [6.07, 6.45) is 1.20. The van der Waals surface area contributed by atoms with Crippen molar-refractivity contribution in [2.24, 2.45) is 0 Å². The van der Waals surface area contributed by atoms with Crippen molar-refractivity contribution in [1.29, 1.82) is 0 Å². The molecule has 0 saturated carbocycles. The van der Waals surface area contributed by atoms with Crippen molar-refractivity contribution in [2.45, 2.75) is 4.90 Å². The summed E-state index contributed by atoms with van der Waals surface area (Å²) < 4.78 is 33.1. The normalized spacial score (nSPS) is 11.3. The number of hydrogen-bond donors (Lipinski definition) is 2. The zero-order valence-electron chi connectivity index (χ0n) is 12.2. The van der Waals surface area contributed by atoms with Crippen LogP contribution < -0.4 is 15.0 Å². The van der Waals surface area contributed by atoms with E-state index in [2.05, 4.69) is 9.71 Å². The van der Waals surface area contributed by atoms with Crippen LogP contribution in [0.25, 0.3) is 10.8 Å². The summed E-state index contributed by atoms with van der Waals surface area (Å²) in [4.78, 5) is 14.3. The summed E-state index contributed by atoms with van der Waals surface area (Å²) in [6.45, 7) is 0. The molecule has 0 radical (unpaired) electrons. The fourth-order valence-electron chi connectivity index (χ4n) is 2.33. The van der Waals surface area contributed by atoms with Crippen LogP contribution in [0.5, 0.6) is 5.75 Å². The number of fused-ring (bicyclic) bond motifs is 1. The number of para-hydroxylation sites is 2. The molecule has 2 N–H and O–H groups in total. The number of anilines is 1. The second-order valence-corrected chi connectivity index (χ2v) is 6.48. The van der Waals surface area contributed by atoms with E-state index >= 15 is 0 Å². The number of ether oxygens (including phenoxy) is 1. The molecular weight excluding hydrogens is 316 g/mol. The lowest BCUT2D eigenvalue weighted by Gasteiger charge is -2.12. The molecule has 3 aromatic rings. The second-order valence-electron chi connectivity index (χ2n) is 4.83. The summed E-state index contributed by atoms with van der Waals surface area (Å²) in [5, 5.41) is 0.675. The Labute approximate surface area is 132 Å². The van der Waals surface area contributed by atoms with Gasteiger partial charge in [0.15, 0.2) is 0 Å². The molecule has 1 heterocycles. The van der Waals surface area contributed by atoms with Crippen LogP contribution in [0.3, 0.4) is 0 Å². The molecule has 118 valence electrons. The number of sulfonamides is 1. The third-order valence-electron chi connectivity index (χ3n) is 3.41. The maximum absolute atomic E-state index is 12.7. The molecule has 23 heavy (non-hydrogen) atoms. The van der Waals surface area contributed by atoms with Gasteiger partial charge < -0.3 is 9.72 Å². The van der Waals surface area contributed by atoms with Crippen molar-refractivity contribution >= 4 is 26.5 Å². The van der Waals surface area contributed by atoms with E-state index in [9.17, 15) is 13.2 Å². The van der Waals surface area contributed by atoms with E-state index in [0.717, 1.165) is 0 Å². The summed E-state index contributed by atoms with van der Waals surface area (Å²) in [7, 11) is -2.43. The van der Waals surface area contributed by atoms with E-state index in [1.807, 2.05) is 0 Å². The van der Waals surface area contributed by atoms with E-state index in [1.54, 1.807) is 48.5 Å². The minimum atomic E-state index is -3.89. The van der Waals surface area contributed by atoms with Crippen molar-refractivity contribution in [1.82, 2.24) is 4.98 Å². The third kappa shape index (κ3) is 2.78. The SMILES string of the molecule is COc1ccccc1NS(=O)(=O)c1c[nH]c(=O)c2ccccc12. The van der Waals surface area contributed by atoms with Gasteiger partial charge in [0, 0.05) is 17.0 Å². The predicted molar refractivity (Wildman–Crippen MR) is 88.4 cm³/mol. The first-order valence-electron chi connectivity index (χ1n) is 6.79. The average Bonchev–Trinajstić information content (AvgIpc) is 2.55. The van der Waals surface area contributed by atoms with E-state index in [1.165, 1.54) is 13.3 Å². The Hall–Kier alpha value is -2.80. The lowest BCUT2D eigenvalue weighted by molar-refractivity contribution is 0.417. The highest BCUT2D eigenvalue weighted by Gasteiger charge is 2.20. The number of methoxy groups -OCH3 is 1. The van der Waals surface area contributed by atoms with Gasteiger partial charge in [-0.3, -0.25) is 9.52 Å². The molecule has 0 spiro atoms. The van der Waals surface area contributed by atoms with Gasteiger partial charge in [-0.15, -0.1) is 0 Å². The van der Waals surface area contributed by atoms with Gasteiger partial charge in [-0.25, -0.2) is 8.42 Å². The molecule has 0 atom stereocenters. The number of H-pyrrole nitrogens is 1. The lowest BCUT2D eigenvalue weighted by Crippen LogP contribution is -2.17. The first kappa shape index (κ1) is 15.1. The molecule has 3 rings (SSSR count). The molecule has 7 heteroatoms. The Kier molecular flexibility index (Phi) is 3.79. The topological polar surface area (TPSA) is 88.3 Å². The quantitative estimate of drug-likeness (QED) is 0.768. The molecule has 0 aliphatic rings. The molecule has 0 aliphatic carbocycles. The van der Waals surface area contributed by atoms with E-state index in [0.29, 0.717) is 22.2 Å². The van der Waals surface area contributed by atoms with Crippen LogP contribution in [0.2, 0.25) is 0 Å². The minimum absolute atomic E-state index is 0.00129. The standard InChI is InChI=1S/C16H14N2O4S/c1-22-14-9-5-4-8-13(14)18-23(20,21)15-10-17-16(19)12-7-3-2-6-11(12)15/h2-10,18H,1H3,(H,17,19). The molecule has 6 nitrogen and oxygen atoms in total. The van der Waals surface area contributed by atoms with Crippen molar-refractivity contribution in [2.75, 3.05) is 11.8 Å². The fourth-order valence-corrected chi connectivity index (χ4v) is 3.58. The first-order chi connectivity index (χ1) is 11.0. The fraction of sp³-hybridized carbons (Fsp3) is 0.0625. The van der Waals surface area contributed by atoms with Crippen molar-refractivity contribution < 1.29 is 13.2 Å². The van der Waals surface area contributed by atoms with Gasteiger partial charge in [0.2, 0.25) is 0 Å². The maximum atomic E-state index is 12.7. The van der Waals surface area contributed by atoms with Crippen molar-refractivity contribution in [3.63, 3.8) is 0 Å². The van der Waals surface area contributed by atoms with Gasteiger partial charge in [0.05, 0.1) is 12.8 Å². The molecule has 0 unspecified atom stereocenters. The molecular formula is C16H14N2O4S. The Morgan fingerprint density at radius 2 is 1.65 bits per heavy atom. The Morgan fingerprint density at radius 3 is 2.39 bits per heavy atom. The van der Waals surface area contributed by atoms with Gasteiger partial charge in [-0.2, -0.15) is 0 Å². The molecule has 0 fully saturated rings. The van der Waals surface area contributed by atoms with Crippen LogP contribution in [0, 0.1) is 0 Å². The monoisotopic (exact) mass is 330 g/mol. The van der Waals surface area contributed by atoms with E-state index in [-0.39, 0.29) is 10.5 Å². The minimum Gasteiger partial charge on any atom is -0.495 e. The third-order valence-corrected chi connectivity index (χ3v) is 4.82. The van der Waals surface area contributed by atoms with E-state index in [4.69, 9.17) is 4.74 Å². The van der Waals surface area contributed by atoms with Crippen LogP contribution in [-0.4, -0.2) is 20.5 Å². The molecule has 2 aromatic carbocycles. The van der Waals surface area contributed by atoms with Crippen LogP contribution >= 0.6 is 0 Å². The number of pyridine rings is 1. The number of rotatable bonds is 4. The van der Waals surface area contributed by atoms with Crippen LogP contribution in [-0.2, 0) is 10.0 Å². The number of hydrogen-bond acceptors (Lipinski definition) is 4. The Morgan fingerprint density at radius 1 is 1.00 bits per heavy atom. The number of aromatic amines is 1. The predicted octanol–water partition coefficient (Wildman–Crippen LogP) is 2.34. The van der Waals surface area contributed by atoms with Crippen molar-refractivity contribution in [3.8, 4) is 5.75 Å². The van der Waals surface area contributed by atoms with Crippen LogP contribution in [0.1, 0.15) is 0 Å². The van der Waals surface area contributed by atoms with Gasteiger partial charge in [-0.1, -0.05) is 30.3 Å². The zero-order valence-corrected chi connectivity index (χ0v) is 13.1. The van der Waals surface area contributed by atoms with Crippen molar-refractivity contribution in [3.05, 3.63) is 65.1 Å². The highest BCUT2D eigenvalue weighted by Crippen LogP contribution is 2.27. The highest BCUT2D eigenvalue weighted by molar-refractivity contribution is 7.93. The molecule has 0 saturated heterocycles. The number of benzene rings is 2. The second kappa shape index (κ2) is 5.77. The summed E-state index contributed by atoms with van der Waals surface area (Å²) in [5.41, 5.74) is -0.0119. The van der Waals surface area contributed by atoms with Gasteiger partial charge in [0.25, 0.3) is 15.6 Å². The maximum Gasteiger partial charge on any atom is 0.264 e. The Balaban J connectivity index is 2.14. The smallest absolute Gasteiger partial charge is 0.264 e. The van der Waals surface area contributed by atoms with Gasteiger partial charge in [0.1, 0.15) is 10.6 Å². The van der Waals surface area contributed by atoms with Gasteiger partial charge >= 0.3 is 0 Å². The highest BCUT2D eigenvalue weighted by atomic mass is 32.2. The average molecular weight is 330 g/mol. The zero-order chi connectivity index (χ0) is 16.4. The summed E-state index contributed by atoms with van der Waals surface area (Å²) in [5.74, 6) is 0.407. The van der Waals surface area contributed by atoms with Crippen LogP contribution in [0.4, 0.5) is 5.69 Å². The number of aromatic nitrogens is 1. The molecule has 1 aromatic heterocycles. The molecule has 0 bridgehead atoms. The lowest BCUT2D eigenvalue weighted by atomic mass is 10.2. The largest absolute Gasteiger partial charge is 0.495 e. The Bertz CT molecular complexity index is 1030. The molecule has 0 aliphatic heterocycles. The molecule has 0 amide bonds. The summed E-state index contributed by atoms with van der Waals surface area (Å²) in [6, 6.07) is 13.2.